The first-order valence-electron chi connectivity index (χ1n) is 8.18. The van der Waals surface area contributed by atoms with E-state index in [1.54, 1.807) is 25.1 Å². The molecule has 0 spiro atoms. The third kappa shape index (κ3) is 5.41. The van der Waals surface area contributed by atoms with Crippen LogP contribution in [0.15, 0.2) is 36.4 Å². The number of carbonyl (C=O) groups is 2. The molecule has 0 radical (unpaired) electrons. The number of nitro groups is 1. The van der Waals surface area contributed by atoms with Gasteiger partial charge in [-0.3, -0.25) is 14.9 Å². The summed E-state index contributed by atoms with van der Waals surface area (Å²) in [7, 11) is 0. The van der Waals surface area contributed by atoms with Gasteiger partial charge < -0.3 is 20.5 Å². The topological polar surface area (TPSA) is 131 Å². The highest BCUT2D eigenvalue weighted by Gasteiger charge is 2.19. The van der Waals surface area contributed by atoms with Gasteiger partial charge in [0.2, 0.25) is 0 Å². The molecule has 0 unspecified atom stereocenters. The van der Waals surface area contributed by atoms with E-state index >= 15 is 0 Å². The molecule has 2 aromatic rings. The SMILES string of the molecule is Cc1c(Cl)cccc1NC(=O)COC(=O)c1cc([N+](=O)[O-])ccc1NCCO. The summed E-state index contributed by atoms with van der Waals surface area (Å²) in [5, 5.41) is 25.7. The van der Waals surface area contributed by atoms with Crippen LogP contribution in [0.25, 0.3) is 0 Å². The average Bonchev–Trinajstić information content (AvgIpc) is 2.67. The van der Waals surface area contributed by atoms with Gasteiger partial charge in [-0.15, -0.1) is 0 Å². The molecule has 0 saturated carbocycles. The van der Waals surface area contributed by atoms with Crippen molar-refractivity contribution < 1.29 is 24.4 Å². The quantitative estimate of drug-likeness (QED) is 0.348. The van der Waals surface area contributed by atoms with Crippen LogP contribution in [0.3, 0.4) is 0 Å². The number of hydrogen-bond acceptors (Lipinski definition) is 7. The summed E-state index contributed by atoms with van der Waals surface area (Å²) in [5.41, 5.74) is 0.970. The highest BCUT2D eigenvalue weighted by atomic mass is 35.5. The molecule has 2 rings (SSSR count). The molecule has 0 aliphatic rings. The minimum absolute atomic E-state index is 0.116. The van der Waals surface area contributed by atoms with Gasteiger partial charge in [-0.1, -0.05) is 17.7 Å². The first-order chi connectivity index (χ1) is 13.3. The first kappa shape index (κ1) is 21.1. The summed E-state index contributed by atoms with van der Waals surface area (Å²) in [4.78, 5) is 34.7. The van der Waals surface area contributed by atoms with Crippen molar-refractivity contribution in [2.45, 2.75) is 6.92 Å². The van der Waals surface area contributed by atoms with Crippen molar-refractivity contribution in [1.82, 2.24) is 0 Å². The number of carbonyl (C=O) groups excluding carboxylic acids is 2. The van der Waals surface area contributed by atoms with Crippen molar-refractivity contribution in [3.8, 4) is 0 Å². The molecule has 3 N–H and O–H groups in total. The average molecular weight is 408 g/mol. The van der Waals surface area contributed by atoms with Gasteiger partial charge in [0, 0.05) is 35.1 Å². The number of nitrogens with one attached hydrogen (secondary N) is 2. The predicted molar refractivity (Wildman–Crippen MR) is 104 cm³/mol. The van der Waals surface area contributed by atoms with Gasteiger partial charge in [-0.05, 0) is 30.7 Å². The number of nitro benzene ring substituents is 1. The molecule has 0 heterocycles. The smallest absolute Gasteiger partial charge is 0.341 e. The number of amides is 1. The maximum absolute atomic E-state index is 12.3. The van der Waals surface area contributed by atoms with Crippen molar-refractivity contribution >= 4 is 40.5 Å². The monoisotopic (exact) mass is 407 g/mol. The summed E-state index contributed by atoms with van der Waals surface area (Å²) in [6.45, 7) is 1.07. The Hall–Kier alpha value is -3.17. The number of aliphatic hydroxyl groups excluding tert-OH is 1. The Morgan fingerprint density at radius 1 is 1.25 bits per heavy atom. The van der Waals surface area contributed by atoms with E-state index in [1.165, 1.54) is 12.1 Å². The lowest BCUT2D eigenvalue weighted by Gasteiger charge is -2.12. The fourth-order valence-electron chi connectivity index (χ4n) is 2.30. The van der Waals surface area contributed by atoms with E-state index in [1.807, 2.05) is 0 Å². The Labute approximate surface area is 165 Å². The Morgan fingerprint density at radius 2 is 2.00 bits per heavy atom. The second-order valence-corrected chi connectivity index (χ2v) is 6.08. The lowest BCUT2D eigenvalue weighted by Crippen LogP contribution is -2.22. The van der Waals surface area contributed by atoms with Crippen LogP contribution in [0.2, 0.25) is 5.02 Å². The van der Waals surface area contributed by atoms with Crippen LogP contribution in [0, 0.1) is 17.0 Å². The minimum Gasteiger partial charge on any atom is -0.452 e. The van der Waals surface area contributed by atoms with Gasteiger partial charge in [-0.2, -0.15) is 0 Å². The molecule has 0 fully saturated rings. The molecule has 28 heavy (non-hydrogen) atoms. The molecule has 0 aliphatic heterocycles. The summed E-state index contributed by atoms with van der Waals surface area (Å²) in [6, 6.07) is 8.58. The number of benzene rings is 2. The Balaban J connectivity index is 2.08. The number of anilines is 2. The van der Waals surface area contributed by atoms with E-state index in [0.717, 1.165) is 6.07 Å². The maximum atomic E-state index is 12.3. The van der Waals surface area contributed by atoms with Crippen molar-refractivity contribution in [2.75, 3.05) is 30.4 Å². The number of ether oxygens (including phenoxy) is 1. The normalized spacial score (nSPS) is 10.2. The Bertz CT molecular complexity index is 903. The van der Waals surface area contributed by atoms with E-state index in [4.69, 9.17) is 21.4 Å². The Kier molecular flexibility index (Phi) is 7.30. The third-order valence-corrected chi connectivity index (χ3v) is 4.15. The second-order valence-electron chi connectivity index (χ2n) is 5.67. The van der Waals surface area contributed by atoms with Gasteiger partial charge in [0.05, 0.1) is 17.1 Å². The molecule has 0 bridgehead atoms. The van der Waals surface area contributed by atoms with Crippen molar-refractivity contribution in [3.63, 3.8) is 0 Å². The number of aliphatic hydroxyl groups is 1. The highest BCUT2D eigenvalue weighted by Crippen LogP contribution is 2.24. The van der Waals surface area contributed by atoms with E-state index in [-0.39, 0.29) is 30.1 Å². The van der Waals surface area contributed by atoms with E-state index in [0.29, 0.717) is 16.3 Å². The van der Waals surface area contributed by atoms with Gasteiger partial charge in [0.25, 0.3) is 11.6 Å². The van der Waals surface area contributed by atoms with Crippen molar-refractivity contribution in [2.24, 2.45) is 0 Å². The molecule has 0 atom stereocenters. The number of esters is 1. The first-order valence-corrected chi connectivity index (χ1v) is 8.56. The summed E-state index contributed by atoms with van der Waals surface area (Å²) >= 11 is 5.99. The van der Waals surface area contributed by atoms with Crippen LogP contribution in [0.5, 0.6) is 0 Å². The van der Waals surface area contributed by atoms with E-state index in [9.17, 15) is 19.7 Å². The molecule has 148 valence electrons. The number of hydrogen-bond donors (Lipinski definition) is 3. The van der Waals surface area contributed by atoms with Gasteiger partial charge >= 0.3 is 5.97 Å². The van der Waals surface area contributed by atoms with Gasteiger partial charge in [0.1, 0.15) is 0 Å². The largest absolute Gasteiger partial charge is 0.452 e. The number of halogens is 1. The Morgan fingerprint density at radius 3 is 2.68 bits per heavy atom. The molecule has 1 amide bonds. The molecule has 0 saturated heterocycles. The lowest BCUT2D eigenvalue weighted by molar-refractivity contribution is -0.384. The second kappa shape index (κ2) is 9.67. The number of non-ortho nitro benzene ring substituents is 1. The third-order valence-electron chi connectivity index (χ3n) is 3.74. The van der Waals surface area contributed by atoms with E-state index < -0.39 is 23.4 Å². The van der Waals surface area contributed by atoms with E-state index in [2.05, 4.69) is 10.6 Å². The molecular formula is C18H18ClN3O6. The van der Waals surface area contributed by atoms with Crippen molar-refractivity contribution in [3.05, 3.63) is 62.7 Å². The molecule has 0 aliphatic carbocycles. The highest BCUT2D eigenvalue weighted by molar-refractivity contribution is 6.31. The fraction of sp³-hybridized carbons (Fsp3) is 0.222. The zero-order chi connectivity index (χ0) is 20.7. The molecule has 9 nitrogen and oxygen atoms in total. The standard InChI is InChI=1S/C18H18ClN3O6/c1-11-14(19)3-2-4-15(11)21-17(24)10-28-18(25)13-9-12(22(26)27)5-6-16(13)20-7-8-23/h2-6,9,20,23H,7-8,10H2,1H3,(H,21,24). The van der Waals surface area contributed by atoms with Gasteiger partial charge in [-0.25, -0.2) is 4.79 Å². The summed E-state index contributed by atoms with van der Waals surface area (Å²) in [6.07, 6.45) is 0. The summed E-state index contributed by atoms with van der Waals surface area (Å²) < 4.78 is 4.98. The fourth-order valence-corrected chi connectivity index (χ4v) is 2.47. The van der Waals surface area contributed by atoms with Crippen molar-refractivity contribution in [1.29, 1.82) is 0 Å². The van der Waals surface area contributed by atoms with Crippen LogP contribution in [-0.4, -0.2) is 41.7 Å². The van der Waals surface area contributed by atoms with Crippen LogP contribution >= 0.6 is 11.6 Å². The molecule has 0 aromatic heterocycles. The molecule has 2 aromatic carbocycles. The minimum atomic E-state index is -0.915. The molecule has 10 heteroatoms. The van der Waals surface area contributed by atoms with Crippen LogP contribution in [0.4, 0.5) is 17.1 Å². The number of rotatable bonds is 8. The zero-order valence-corrected chi connectivity index (χ0v) is 15.7. The predicted octanol–water partition coefficient (Wildman–Crippen LogP) is 2.76. The number of nitrogens with zero attached hydrogens (tertiary/aromatic N) is 1. The lowest BCUT2D eigenvalue weighted by atomic mass is 10.1. The van der Waals surface area contributed by atoms with Crippen LogP contribution in [-0.2, 0) is 9.53 Å². The molecular weight excluding hydrogens is 390 g/mol. The summed E-state index contributed by atoms with van der Waals surface area (Å²) in [5.74, 6) is -1.50. The zero-order valence-electron chi connectivity index (χ0n) is 14.9. The van der Waals surface area contributed by atoms with Gasteiger partial charge in [0.15, 0.2) is 6.61 Å². The van der Waals surface area contributed by atoms with Crippen LogP contribution < -0.4 is 10.6 Å². The van der Waals surface area contributed by atoms with Crippen LogP contribution in [0.1, 0.15) is 15.9 Å². The maximum Gasteiger partial charge on any atom is 0.341 e.